The number of nitrogens with zero attached hydrogens (tertiary/aromatic N) is 1. The topological polar surface area (TPSA) is 45.0 Å². The van der Waals surface area contributed by atoms with Crippen LogP contribution in [0, 0.1) is 11.3 Å². The zero-order chi connectivity index (χ0) is 9.10. The van der Waals surface area contributed by atoms with Gasteiger partial charge in [-0.3, -0.25) is 0 Å². The van der Waals surface area contributed by atoms with Crippen LogP contribution in [-0.4, -0.2) is 24.8 Å². The van der Waals surface area contributed by atoms with Crippen molar-refractivity contribution >= 4 is 0 Å². The fourth-order valence-corrected chi connectivity index (χ4v) is 2.31. The molecule has 3 atom stereocenters. The molecule has 0 aromatic rings. The minimum atomic E-state index is 0.465. The predicted molar refractivity (Wildman–Crippen MR) is 49.1 cm³/mol. The molecule has 2 aliphatic heterocycles. The summed E-state index contributed by atoms with van der Waals surface area (Å²) in [5.41, 5.74) is 0. The van der Waals surface area contributed by atoms with E-state index in [1.54, 1.807) is 0 Å². The van der Waals surface area contributed by atoms with Crippen LogP contribution in [-0.2, 0) is 4.74 Å². The lowest BCUT2D eigenvalue weighted by Crippen LogP contribution is -2.37. The normalized spacial score (nSPS) is 36.4. The lowest BCUT2D eigenvalue weighted by atomic mass is 9.95. The molecule has 3 heteroatoms. The average Bonchev–Trinajstić information content (AvgIpc) is 2.73. The molecule has 0 saturated carbocycles. The van der Waals surface area contributed by atoms with Gasteiger partial charge in [0.25, 0.3) is 0 Å². The minimum Gasteiger partial charge on any atom is -0.373 e. The lowest BCUT2D eigenvalue weighted by molar-refractivity contribution is 0.0974. The van der Waals surface area contributed by atoms with Gasteiger partial charge in [-0.1, -0.05) is 0 Å². The van der Waals surface area contributed by atoms with Crippen LogP contribution in [0.5, 0.6) is 0 Å². The van der Waals surface area contributed by atoms with Gasteiger partial charge in [-0.25, -0.2) is 0 Å². The molecule has 0 aromatic carbocycles. The third-order valence-electron chi connectivity index (χ3n) is 2.98. The van der Waals surface area contributed by atoms with Gasteiger partial charge in [-0.15, -0.1) is 0 Å². The van der Waals surface area contributed by atoms with Gasteiger partial charge in [0.1, 0.15) is 0 Å². The Morgan fingerprint density at radius 2 is 2.38 bits per heavy atom. The van der Waals surface area contributed by atoms with Gasteiger partial charge in [0.05, 0.1) is 18.3 Å². The summed E-state index contributed by atoms with van der Waals surface area (Å²) in [6.07, 6.45) is 6.27. The molecule has 0 radical (unpaired) electrons. The number of rotatable bonds is 4. The molecule has 2 bridgehead atoms. The third kappa shape index (κ3) is 2.01. The van der Waals surface area contributed by atoms with E-state index >= 15 is 0 Å². The van der Waals surface area contributed by atoms with Gasteiger partial charge in [0.2, 0.25) is 0 Å². The molecule has 0 aromatic heterocycles. The van der Waals surface area contributed by atoms with E-state index < -0.39 is 0 Å². The third-order valence-corrected chi connectivity index (χ3v) is 2.98. The molecule has 3 nitrogen and oxygen atoms in total. The fraction of sp³-hybridized carbons (Fsp3) is 0.900. The molecular formula is C10H16N2O. The van der Waals surface area contributed by atoms with Crippen molar-refractivity contribution < 1.29 is 4.74 Å². The van der Waals surface area contributed by atoms with Crippen molar-refractivity contribution in [1.29, 1.82) is 5.26 Å². The summed E-state index contributed by atoms with van der Waals surface area (Å²) in [5, 5.41) is 11.8. The Bertz CT molecular complexity index is 211. The highest BCUT2D eigenvalue weighted by Crippen LogP contribution is 2.34. The molecule has 2 heterocycles. The molecule has 72 valence electrons. The van der Waals surface area contributed by atoms with Crippen LogP contribution in [0.4, 0.5) is 0 Å². The maximum absolute atomic E-state index is 8.36. The molecule has 2 rings (SSSR count). The van der Waals surface area contributed by atoms with Gasteiger partial charge in [-0.2, -0.15) is 5.26 Å². The van der Waals surface area contributed by atoms with Crippen LogP contribution >= 0.6 is 0 Å². The Balaban J connectivity index is 1.64. The highest BCUT2D eigenvalue weighted by atomic mass is 16.5. The smallest absolute Gasteiger partial charge is 0.0733 e. The summed E-state index contributed by atoms with van der Waals surface area (Å²) in [6.45, 7) is 0.963. The molecule has 1 N–H and O–H groups in total. The van der Waals surface area contributed by atoms with Gasteiger partial charge in [-0.05, 0) is 32.2 Å². The lowest BCUT2D eigenvalue weighted by Gasteiger charge is -2.19. The molecule has 13 heavy (non-hydrogen) atoms. The Labute approximate surface area is 79.1 Å². The van der Waals surface area contributed by atoms with Crippen LogP contribution in [0.25, 0.3) is 0 Å². The Morgan fingerprint density at radius 1 is 1.46 bits per heavy atom. The minimum absolute atomic E-state index is 0.465. The van der Waals surface area contributed by atoms with Gasteiger partial charge >= 0.3 is 0 Å². The van der Waals surface area contributed by atoms with E-state index in [0.29, 0.717) is 24.7 Å². The van der Waals surface area contributed by atoms with E-state index in [9.17, 15) is 0 Å². The van der Waals surface area contributed by atoms with E-state index in [1.165, 1.54) is 19.3 Å². The van der Waals surface area contributed by atoms with Crippen LogP contribution in [0.2, 0.25) is 0 Å². The van der Waals surface area contributed by atoms with E-state index in [1.807, 2.05) is 0 Å². The summed E-state index contributed by atoms with van der Waals surface area (Å²) in [7, 11) is 0. The van der Waals surface area contributed by atoms with E-state index in [-0.39, 0.29) is 0 Å². The SMILES string of the molecule is N#CCCCNC1CC2CCC1O2. The van der Waals surface area contributed by atoms with E-state index in [0.717, 1.165) is 13.0 Å². The van der Waals surface area contributed by atoms with Crippen LogP contribution in [0.15, 0.2) is 0 Å². The second-order valence-corrected chi connectivity index (χ2v) is 3.93. The van der Waals surface area contributed by atoms with E-state index in [2.05, 4.69) is 11.4 Å². The first-order valence-corrected chi connectivity index (χ1v) is 5.16. The number of nitrogens with one attached hydrogen (secondary N) is 1. The van der Waals surface area contributed by atoms with Gasteiger partial charge in [0.15, 0.2) is 0 Å². The Kier molecular flexibility index (Phi) is 2.82. The molecule has 0 spiro atoms. The quantitative estimate of drug-likeness (QED) is 0.661. The molecule has 0 amide bonds. The summed E-state index contributed by atoms with van der Waals surface area (Å²) >= 11 is 0. The van der Waals surface area contributed by atoms with Crippen molar-refractivity contribution in [1.82, 2.24) is 5.32 Å². The zero-order valence-electron chi connectivity index (χ0n) is 7.83. The predicted octanol–water partition coefficient (Wildman–Crippen LogP) is 1.20. The Morgan fingerprint density at radius 3 is 3.00 bits per heavy atom. The standard InChI is InChI=1S/C10H16N2O/c11-5-1-2-6-12-9-7-8-3-4-10(9)13-8/h8-10,12H,1-4,6-7H2. The number of hydrogen-bond donors (Lipinski definition) is 1. The largest absolute Gasteiger partial charge is 0.373 e. The summed E-state index contributed by atoms with van der Waals surface area (Å²) in [5.74, 6) is 0. The van der Waals surface area contributed by atoms with Gasteiger partial charge in [0, 0.05) is 12.5 Å². The number of nitriles is 1. The van der Waals surface area contributed by atoms with E-state index in [4.69, 9.17) is 10.00 Å². The van der Waals surface area contributed by atoms with Crippen molar-refractivity contribution in [3.05, 3.63) is 0 Å². The first-order chi connectivity index (χ1) is 6.40. The molecule has 2 aliphatic rings. The monoisotopic (exact) mass is 180 g/mol. The van der Waals surface area contributed by atoms with Crippen LogP contribution in [0.1, 0.15) is 32.1 Å². The summed E-state index contributed by atoms with van der Waals surface area (Å²) in [4.78, 5) is 0. The molecule has 2 fully saturated rings. The first-order valence-electron chi connectivity index (χ1n) is 5.16. The van der Waals surface area contributed by atoms with Crippen molar-refractivity contribution in [2.24, 2.45) is 0 Å². The molecular weight excluding hydrogens is 164 g/mol. The molecule has 2 saturated heterocycles. The van der Waals surface area contributed by atoms with Crippen LogP contribution in [0.3, 0.4) is 0 Å². The first kappa shape index (κ1) is 8.98. The summed E-state index contributed by atoms with van der Waals surface area (Å²) < 4.78 is 5.71. The van der Waals surface area contributed by atoms with Crippen molar-refractivity contribution in [3.63, 3.8) is 0 Å². The molecule has 3 unspecified atom stereocenters. The van der Waals surface area contributed by atoms with Crippen LogP contribution < -0.4 is 5.32 Å². The number of fused-ring (bicyclic) bond motifs is 2. The van der Waals surface area contributed by atoms with Crippen molar-refractivity contribution in [3.8, 4) is 6.07 Å². The highest BCUT2D eigenvalue weighted by Gasteiger charge is 2.40. The maximum atomic E-state index is 8.36. The fourth-order valence-electron chi connectivity index (χ4n) is 2.31. The average molecular weight is 180 g/mol. The second-order valence-electron chi connectivity index (χ2n) is 3.93. The van der Waals surface area contributed by atoms with Crippen molar-refractivity contribution in [2.75, 3.05) is 6.54 Å². The molecule has 0 aliphatic carbocycles. The highest BCUT2D eigenvalue weighted by molar-refractivity contribution is 4.93. The number of hydrogen-bond acceptors (Lipinski definition) is 3. The number of ether oxygens (including phenoxy) is 1. The summed E-state index contributed by atoms with van der Waals surface area (Å²) in [6, 6.07) is 2.72. The van der Waals surface area contributed by atoms with Gasteiger partial charge < -0.3 is 10.1 Å². The maximum Gasteiger partial charge on any atom is 0.0733 e. The zero-order valence-corrected chi connectivity index (χ0v) is 7.83. The Hall–Kier alpha value is -0.590. The number of unbranched alkanes of at least 4 members (excludes halogenated alkanes) is 1. The second kappa shape index (κ2) is 4.08. The van der Waals surface area contributed by atoms with Crippen molar-refractivity contribution in [2.45, 2.75) is 50.4 Å².